The van der Waals surface area contributed by atoms with Crippen LogP contribution in [0, 0.1) is 0 Å². The van der Waals surface area contributed by atoms with Crippen molar-refractivity contribution in [2.75, 3.05) is 31.7 Å². The van der Waals surface area contributed by atoms with Gasteiger partial charge in [-0.1, -0.05) is 48.5 Å². The first-order valence-corrected chi connectivity index (χ1v) is 8.90. The molecule has 4 heteroatoms. The maximum Gasteiger partial charge on any atom is 0.253 e. The van der Waals surface area contributed by atoms with Gasteiger partial charge in [0.1, 0.15) is 6.61 Å². The van der Waals surface area contributed by atoms with Crippen molar-refractivity contribution >= 4 is 11.6 Å². The normalized spacial score (nSPS) is 15.9. The monoisotopic (exact) mass is 338 g/mol. The van der Waals surface area contributed by atoms with E-state index >= 15 is 0 Å². The van der Waals surface area contributed by atoms with Gasteiger partial charge in [0, 0.05) is 38.5 Å². The van der Waals surface area contributed by atoms with E-state index in [0.717, 1.165) is 38.2 Å². The summed E-state index contributed by atoms with van der Waals surface area (Å²) in [5.74, 6) is 0.0372. The van der Waals surface area contributed by atoms with Crippen LogP contribution in [0.3, 0.4) is 0 Å². The number of hydrogen-bond acceptors (Lipinski definition) is 3. The lowest BCUT2D eigenvalue weighted by Gasteiger charge is -2.38. The van der Waals surface area contributed by atoms with Crippen molar-refractivity contribution in [3.05, 3.63) is 66.2 Å². The van der Waals surface area contributed by atoms with Crippen LogP contribution in [-0.2, 0) is 16.1 Å². The van der Waals surface area contributed by atoms with Crippen LogP contribution in [0.4, 0.5) is 5.69 Å². The van der Waals surface area contributed by atoms with Gasteiger partial charge in [-0.15, -0.1) is 0 Å². The lowest BCUT2D eigenvalue weighted by molar-refractivity contribution is -0.122. The highest BCUT2D eigenvalue weighted by atomic mass is 16.5. The molecule has 0 bridgehead atoms. The molecule has 0 unspecified atom stereocenters. The Morgan fingerprint density at radius 1 is 1.04 bits per heavy atom. The molecular weight excluding hydrogens is 312 g/mol. The van der Waals surface area contributed by atoms with Crippen LogP contribution in [-0.4, -0.2) is 43.7 Å². The number of anilines is 1. The number of ether oxygens (including phenoxy) is 1. The van der Waals surface area contributed by atoms with Crippen molar-refractivity contribution in [1.29, 1.82) is 0 Å². The zero-order valence-corrected chi connectivity index (χ0v) is 14.8. The maximum atomic E-state index is 12.6. The third kappa shape index (κ3) is 4.68. The molecule has 1 aliphatic heterocycles. The molecule has 4 nitrogen and oxygen atoms in total. The highest BCUT2D eigenvalue weighted by molar-refractivity contribution is 5.94. The molecule has 132 valence electrons. The number of carbonyl (C=O) groups excluding carboxylic acids is 1. The maximum absolute atomic E-state index is 12.6. The molecule has 1 amide bonds. The Hall–Kier alpha value is -2.17. The minimum Gasteiger partial charge on any atom is -0.375 e. The lowest BCUT2D eigenvalue weighted by Crippen LogP contribution is -2.48. The summed E-state index contributed by atoms with van der Waals surface area (Å²) in [5, 5.41) is 0. The summed E-state index contributed by atoms with van der Waals surface area (Å²) in [5.41, 5.74) is 2.31. The van der Waals surface area contributed by atoms with Gasteiger partial charge in [0.25, 0.3) is 5.91 Å². The predicted molar refractivity (Wildman–Crippen MR) is 101 cm³/mol. The van der Waals surface area contributed by atoms with E-state index in [-0.39, 0.29) is 18.6 Å². The van der Waals surface area contributed by atoms with Gasteiger partial charge in [-0.05, 0) is 30.5 Å². The molecule has 3 rings (SSSR count). The summed E-state index contributed by atoms with van der Waals surface area (Å²) in [6.07, 6.45) is 1.97. The number of hydrogen-bond donors (Lipinski definition) is 0. The number of para-hydroxylation sites is 1. The van der Waals surface area contributed by atoms with Gasteiger partial charge >= 0.3 is 0 Å². The molecule has 25 heavy (non-hydrogen) atoms. The lowest BCUT2D eigenvalue weighted by atomic mass is 10.0. The molecule has 2 aromatic rings. The predicted octanol–water partition coefficient (Wildman–Crippen LogP) is 3.33. The SMILES string of the molecule is COCC(=O)N(c1ccccc1)C1CCN(Cc2ccccc2)CC1. The van der Waals surface area contributed by atoms with Gasteiger partial charge in [-0.25, -0.2) is 0 Å². The van der Waals surface area contributed by atoms with Crippen molar-refractivity contribution in [2.24, 2.45) is 0 Å². The van der Waals surface area contributed by atoms with E-state index in [0.29, 0.717) is 0 Å². The fourth-order valence-corrected chi connectivity index (χ4v) is 3.52. The number of piperidine rings is 1. The topological polar surface area (TPSA) is 32.8 Å². The molecule has 0 N–H and O–H groups in total. The molecule has 1 saturated heterocycles. The van der Waals surface area contributed by atoms with Crippen LogP contribution >= 0.6 is 0 Å². The van der Waals surface area contributed by atoms with Crippen molar-refractivity contribution in [3.63, 3.8) is 0 Å². The second-order valence-corrected chi connectivity index (χ2v) is 6.53. The Kier molecular flexibility index (Phi) is 6.20. The summed E-state index contributed by atoms with van der Waals surface area (Å²) in [6, 6.07) is 20.7. The molecule has 0 saturated carbocycles. The molecule has 0 aromatic heterocycles. The van der Waals surface area contributed by atoms with Crippen molar-refractivity contribution in [3.8, 4) is 0 Å². The third-order valence-electron chi connectivity index (χ3n) is 4.74. The molecular formula is C21H26N2O2. The zero-order valence-electron chi connectivity index (χ0n) is 14.8. The van der Waals surface area contributed by atoms with Crippen LogP contribution < -0.4 is 4.90 Å². The van der Waals surface area contributed by atoms with Crippen LogP contribution in [0.2, 0.25) is 0 Å². The van der Waals surface area contributed by atoms with Crippen molar-refractivity contribution in [1.82, 2.24) is 4.90 Å². The number of nitrogens with zero attached hydrogens (tertiary/aromatic N) is 2. The highest BCUT2D eigenvalue weighted by Crippen LogP contribution is 2.24. The standard InChI is InChI=1S/C21H26N2O2/c1-25-17-21(24)23(19-10-6-3-7-11-19)20-12-14-22(15-13-20)16-18-8-4-2-5-9-18/h2-11,20H,12-17H2,1H3. The summed E-state index contributed by atoms with van der Waals surface area (Å²) in [4.78, 5) is 17.0. The first kappa shape index (κ1) is 17.6. The van der Waals surface area contributed by atoms with Gasteiger partial charge in [0.15, 0.2) is 0 Å². The van der Waals surface area contributed by atoms with Gasteiger partial charge in [0.2, 0.25) is 0 Å². The summed E-state index contributed by atoms with van der Waals surface area (Å²) in [6.45, 7) is 3.11. The average molecular weight is 338 g/mol. The second kappa shape index (κ2) is 8.79. The van der Waals surface area contributed by atoms with Crippen molar-refractivity contribution in [2.45, 2.75) is 25.4 Å². The Labute approximate surface area is 150 Å². The number of methoxy groups -OCH3 is 1. The van der Waals surface area contributed by atoms with E-state index in [1.807, 2.05) is 35.2 Å². The van der Waals surface area contributed by atoms with Crippen LogP contribution in [0.15, 0.2) is 60.7 Å². The number of amides is 1. The van der Waals surface area contributed by atoms with Gasteiger partial charge in [-0.2, -0.15) is 0 Å². The van der Waals surface area contributed by atoms with E-state index < -0.39 is 0 Å². The number of carbonyl (C=O) groups is 1. The number of rotatable bonds is 6. The molecule has 0 spiro atoms. The first-order chi connectivity index (χ1) is 12.3. The van der Waals surface area contributed by atoms with Crippen LogP contribution in [0.5, 0.6) is 0 Å². The average Bonchev–Trinajstić information content (AvgIpc) is 2.65. The van der Waals surface area contributed by atoms with E-state index in [1.54, 1.807) is 7.11 Å². The Morgan fingerprint density at radius 2 is 1.64 bits per heavy atom. The second-order valence-electron chi connectivity index (χ2n) is 6.53. The summed E-state index contributed by atoms with van der Waals surface area (Å²) in [7, 11) is 1.57. The molecule has 0 aliphatic carbocycles. The molecule has 1 heterocycles. The number of likely N-dealkylation sites (tertiary alicyclic amines) is 1. The third-order valence-corrected chi connectivity index (χ3v) is 4.74. The molecule has 1 fully saturated rings. The highest BCUT2D eigenvalue weighted by Gasteiger charge is 2.28. The minimum atomic E-state index is 0.0372. The summed E-state index contributed by atoms with van der Waals surface area (Å²) < 4.78 is 5.10. The molecule has 1 aliphatic rings. The fraction of sp³-hybridized carbons (Fsp3) is 0.381. The minimum absolute atomic E-state index is 0.0372. The summed E-state index contributed by atoms with van der Waals surface area (Å²) >= 11 is 0. The smallest absolute Gasteiger partial charge is 0.253 e. The molecule has 0 radical (unpaired) electrons. The van der Waals surface area contributed by atoms with E-state index in [2.05, 4.69) is 35.2 Å². The molecule has 0 atom stereocenters. The zero-order chi connectivity index (χ0) is 17.5. The Balaban J connectivity index is 1.64. The van der Waals surface area contributed by atoms with E-state index in [1.165, 1.54) is 5.56 Å². The van der Waals surface area contributed by atoms with Crippen LogP contribution in [0.25, 0.3) is 0 Å². The quantitative estimate of drug-likeness (QED) is 0.810. The fourth-order valence-electron chi connectivity index (χ4n) is 3.52. The largest absolute Gasteiger partial charge is 0.375 e. The number of benzene rings is 2. The van der Waals surface area contributed by atoms with Gasteiger partial charge in [0.05, 0.1) is 0 Å². The van der Waals surface area contributed by atoms with Crippen LogP contribution in [0.1, 0.15) is 18.4 Å². The van der Waals surface area contributed by atoms with Crippen molar-refractivity contribution < 1.29 is 9.53 Å². The Morgan fingerprint density at radius 3 is 2.24 bits per heavy atom. The Bertz CT molecular complexity index is 652. The van der Waals surface area contributed by atoms with E-state index in [4.69, 9.17) is 4.74 Å². The van der Waals surface area contributed by atoms with Gasteiger partial charge < -0.3 is 9.64 Å². The van der Waals surface area contributed by atoms with E-state index in [9.17, 15) is 4.79 Å². The molecule has 2 aromatic carbocycles. The first-order valence-electron chi connectivity index (χ1n) is 8.90. The van der Waals surface area contributed by atoms with Gasteiger partial charge in [-0.3, -0.25) is 9.69 Å².